The SMILES string of the molecule is CCCCCCCCn1c2ccc(N(c3ccccc3)c3ccccc3)cc2c2cc(N(c3ccccc3)c3ccccc3)ccc21. The fourth-order valence-electron chi connectivity index (χ4n) is 6.85. The van der Waals surface area contributed by atoms with Crippen LogP contribution in [0.5, 0.6) is 0 Å². The summed E-state index contributed by atoms with van der Waals surface area (Å²) in [5.74, 6) is 0. The zero-order valence-corrected chi connectivity index (χ0v) is 27.3. The number of hydrogen-bond donors (Lipinski definition) is 0. The van der Waals surface area contributed by atoms with Gasteiger partial charge in [0.2, 0.25) is 0 Å². The van der Waals surface area contributed by atoms with Crippen molar-refractivity contribution in [3.05, 3.63) is 158 Å². The molecule has 0 fully saturated rings. The lowest BCUT2D eigenvalue weighted by Crippen LogP contribution is -2.09. The largest absolute Gasteiger partial charge is 0.340 e. The van der Waals surface area contributed by atoms with Crippen LogP contribution in [0, 0.1) is 0 Å². The predicted octanol–water partition coefficient (Wildman–Crippen LogP) is 13.1. The van der Waals surface area contributed by atoms with E-state index in [9.17, 15) is 0 Å². The first kappa shape index (κ1) is 30.4. The van der Waals surface area contributed by atoms with Crippen LogP contribution in [0.15, 0.2) is 158 Å². The van der Waals surface area contributed by atoms with Crippen LogP contribution in [0.2, 0.25) is 0 Å². The van der Waals surface area contributed by atoms with E-state index in [1.165, 1.54) is 60.3 Å². The third kappa shape index (κ3) is 6.53. The molecule has 0 bridgehead atoms. The summed E-state index contributed by atoms with van der Waals surface area (Å²) in [4.78, 5) is 4.72. The molecule has 0 amide bonds. The number of para-hydroxylation sites is 4. The van der Waals surface area contributed by atoms with Gasteiger partial charge in [0.05, 0.1) is 0 Å². The second kappa shape index (κ2) is 14.4. The van der Waals surface area contributed by atoms with Gasteiger partial charge in [-0.2, -0.15) is 0 Å². The third-order valence-electron chi connectivity index (χ3n) is 9.14. The molecular formula is C44H43N3. The molecule has 0 spiro atoms. The average Bonchev–Trinajstić information content (AvgIpc) is 3.44. The quantitative estimate of drug-likeness (QED) is 0.120. The maximum atomic E-state index is 2.56. The zero-order valence-electron chi connectivity index (χ0n) is 27.3. The second-order valence-corrected chi connectivity index (χ2v) is 12.3. The summed E-state index contributed by atoms with van der Waals surface area (Å²) >= 11 is 0. The first-order chi connectivity index (χ1) is 23.3. The van der Waals surface area contributed by atoms with E-state index in [-0.39, 0.29) is 0 Å². The molecule has 3 nitrogen and oxygen atoms in total. The Hall–Kier alpha value is -5.28. The molecule has 0 aliphatic carbocycles. The van der Waals surface area contributed by atoms with Crippen LogP contribution >= 0.6 is 0 Å². The number of nitrogens with zero attached hydrogens (tertiary/aromatic N) is 3. The molecule has 0 unspecified atom stereocenters. The molecule has 0 N–H and O–H groups in total. The van der Waals surface area contributed by atoms with Gasteiger partial charge in [0.25, 0.3) is 0 Å². The summed E-state index contributed by atoms with van der Waals surface area (Å²) in [6.45, 7) is 3.31. The first-order valence-corrected chi connectivity index (χ1v) is 17.2. The van der Waals surface area contributed by atoms with Crippen molar-refractivity contribution in [3.8, 4) is 0 Å². The molecule has 0 aliphatic heterocycles. The minimum Gasteiger partial charge on any atom is -0.340 e. The lowest BCUT2D eigenvalue weighted by molar-refractivity contribution is 0.571. The van der Waals surface area contributed by atoms with Crippen LogP contribution in [0.1, 0.15) is 45.4 Å². The molecule has 0 aliphatic rings. The summed E-state index contributed by atoms with van der Waals surface area (Å²) < 4.78 is 2.56. The summed E-state index contributed by atoms with van der Waals surface area (Å²) in [6, 6.07) is 56.8. The van der Waals surface area contributed by atoms with Gasteiger partial charge >= 0.3 is 0 Å². The van der Waals surface area contributed by atoms with E-state index in [4.69, 9.17) is 0 Å². The summed E-state index contributed by atoms with van der Waals surface area (Å²) in [7, 11) is 0. The molecule has 1 heterocycles. The number of benzene rings is 6. The molecule has 6 aromatic carbocycles. The van der Waals surface area contributed by atoms with Gasteiger partial charge in [0.15, 0.2) is 0 Å². The van der Waals surface area contributed by atoms with Crippen LogP contribution in [-0.2, 0) is 6.54 Å². The highest BCUT2D eigenvalue weighted by atomic mass is 15.1. The monoisotopic (exact) mass is 613 g/mol. The minimum absolute atomic E-state index is 1.02. The van der Waals surface area contributed by atoms with E-state index in [0.717, 1.165) is 40.7 Å². The highest BCUT2D eigenvalue weighted by Crippen LogP contribution is 2.41. The number of aromatic nitrogens is 1. The Kier molecular flexibility index (Phi) is 9.33. The molecule has 234 valence electrons. The molecule has 0 radical (unpaired) electrons. The lowest BCUT2D eigenvalue weighted by atomic mass is 10.1. The van der Waals surface area contributed by atoms with Crippen LogP contribution in [0.25, 0.3) is 21.8 Å². The molecule has 7 rings (SSSR count). The summed E-state index contributed by atoms with van der Waals surface area (Å²) in [6.07, 6.45) is 7.71. The van der Waals surface area contributed by atoms with Crippen molar-refractivity contribution in [1.29, 1.82) is 0 Å². The maximum absolute atomic E-state index is 2.56. The molecule has 3 heteroatoms. The van der Waals surface area contributed by atoms with Crippen LogP contribution < -0.4 is 9.80 Å². The van der Waals surface area contributed by atoms with Gasteiger partial charge in [-0.1, -0.05) is 112 Å². The van der Waals surface area contributed by atoms with E-state index in [2.05, 4.69) is 179 Å². The van der Waals surface area contributed by atoms with Crippen molar-refractivity contribution in [1.82, 2.24) is 4.57 Å². The number of aryl methyl sites for hydroxylation is 1. The van der Waals surface area contributed by atoms with Gasteiger partial charge in [-0.3, -0.25) is 0 Å². The van der Waals surface area contributed by atoms with E-state index in [0.29, 0.717) is 0 Å². The molecule has 1 aromatic heterocycles. The highest BCUT2D eigenvalue weighted by Gasteiger charge is 2.19. The van der Waals surface area contributed by atoms with Crippen molar-refractivity contribution in [2.75, 3.05) is 9.80 Å². The number of rotatable bonds is 13. The maximum Gasteiger partial charge on any atom is 0.0492 e. The van der Waals surface area contributed by atoms with Gasteiger partial charge in [-0.05, 0) is 91.3 Å². The van der Waals surface area contributed by atoms with Crippen LogP contribution in [-0.4, -0.2) is 4.57 Å². The number of anilines is 6. The fourth-order valence-corrected chi connectivity index (χ4v) is 6.85. The van der Waals surface area contributed by atoms with Gasteiger partial charge in [-0.15, -0.1) is 0 Å². The molecular weight excluding hydrogens is 571 g/mol. The number of fused-ring (bicyclic) bond motifs is 3. The van der Waals surface area contributed by atoms with Crippen LogP contribution in [0.3, 0.4) is 0 Å². The Morgan fingerprint density at radius 2 is 0.745 bits per heavy atom. The van der Waals surface area contributed by atoms with E-state index in [1.807, 2.05) is 0 Å². The van der Waals surface area contributed by atoms with E-state index >= 15 is 0 Å². The Balaban J connectivity index is 1.38. The zero-order chi connectivity index (χ0) is 31.8. The second-order valence-electron chi connectivity index (χ2n) is 12.3. The third-order valence-corrected chi connectivity index (χ3v) is 9.14. The van der Waals surface area contributed by atoms with Crippen molar-refractivity contribution < 1.29 is 0 Å². The molecule has 0 atom stereocenters. The number of unbranched alkanes of at least 4 members (excludes halogenated alkanes) is 5. The fraction of sp³-hybridized carbons (Fsp3) is 0.182. The van der Waals surface area contributed by atoms with Crippen LogP contribution in [0.4, 0.5) is 34.1 Å². The lowest BCUT2D eigenvalue weighted by Gasteiger charge is -2.26. The van der Waals surface area contributed by atoms with Gasteiger partial charge in [0.1, 0.15) is 0 Å². The Morgan fingerprint density at radius 3 is 1.13 bits per heavy atom. The summed E-state index contributed by atoms with van der Waals surface area (Å²) in [5.41, 5.74) is 9.48. The van der Waals surface area contributed by atoms with Gasteiger partial charge in [0, 0.05) is 62.5 Å². The highest BCUT2D eigenvalue weighted by molar-refractivity contribution is 6.11. The summed E-state index contributed by atoms with van der Waals surface area (Å²) in [5, 5.41) is 2.56. The predicted molar refractivity (Wildman–Crippen MR) is 202 cm³/mol. The van der Waals surface area contributed by atoms with Gasteiger partial charge in [-0.25, -0.2) is 0 Å². The molecule has 0 saturated carbocycles. The average molecular weight is 614 g/mol. The van der Waals surface area contributed by atoms with Crippen molar-refractivity contribution in [2.24, 2.45) is 0 Å². The molecule has 47 heavy (non-hydrogen) atoms. The van der Waals surface area contributed by atoms with Crippen molar-refractivity contribution in [2.45, 2.75) is 52.0 Å². The Morgan fingerprint density at radius 1 is 0.383 bits per heavy atom. The first-order valence-electron chi connectivity index (χ1n) is 17.2. The smallest absolute Gasteiger partial charge is 0.0492 e. The topological polar surface area (TPSA) is 11.4 Å². The van der Waals surface area contributed by atoms with E-state index < -0.39 is 0 Å². The molecule has 7 aromatic rings. The van der Waals surface area contributed by atoms with Crippen molar-refractivity contribution >= 4 is 55.9 Å². The minimum atomic E-state index is 1.02. The normalized spacial score (nSPS) is 11.3. The molecule has 0 saturated heterocycles. The Bertz CT molecular complexity index is 1800. The van der Waals surface area contributed by atoms with E-state index in [1.54, 1.807) is 0 Å². The Labute approximate surface area is 279 Å². The van der Waals surface area contributed by atoms with Gasteiger partial charge < -0.3 is 14.4 Å². The van der Waals surface area contributed by atoms with Crippen molar-refractivity contribution in [3.63, 3.8) is 0 Å². The number of hydrogen-bond acceptors (Lipinski definition) is 2. The standard InChI is InChI=1S/C44H43N3/c1-2-3-4-5-6-19-32-45-43-30-28-39(46(35-20-11-7-12-21-35)36-22-13-8-14-23-36)33-41(43)42-34-40(29-31-44(42)45)47(37-24-15-9-16-25-37)38-26-17-10-18-27-38/h7-18,20-31,33-34H,2-6,19,32H2,1H3.